The first kappa shape index (κ1) is 18.9. The second-order valence-electron chi connectivity index (χ2n) is 7.76. The van der Waals surface area contributed by atoms with Crippen molar-refractivity contribution in [2.45, 2.75) is 32.6 Å². The molecule has 4 aromatic heterocycles. The van der Waals surface area contributed by atoms with Crippen molar-refractivity contribution in [3.63, 3.8) is 0 Å². The van der Waals surface area contributed by atoms with Gasteiger partial charge in [-0.3, -0.25) is 9.89 Å². The van der Waals surface area contributed by atoms with Gasteiger partial charge < -0.3 is 10.2 Å². The average Bonchev–Trinajstić information content (AvgIpc) is 3.37. The van der Waals surface area contributed by atoms with E-state index in [1.54, 1.807) is 30.1 Å². The van der Waals surface area contributed by atoms with Gasteiger partial charge in [0.25, 0.3) is 0 Å². The van der Waals surface area contributed by atoms with E-state index in [0.29, 0.717) is 5.82 Å². The molecular formula is C21H23N7OS. The van der Waals surface area contributed by atoms with Gasteiger partial charge in [-0.1, -0.05) is 6.92 Å². The molecule has 0 saturated heterocycles. The van der Waals surface area contributed by atoms with Crippen molar-refractivity contribution in [3.05, 3.63) is 35.2 Å². The third-order valence-electron chi connectivity index (χ3n) is 5.70. The zero-order valence-corrected chi connectivity index (χ0v) is 17.8. The number of carbonyl (C=O) groups is 1. The molecule has 0 aromatic carbocycles. The molecule has 0 spiro atoms. The van der Waals surface area contributed by atoms with Crippen LogP contribution >= 0.6 is 11.3 Å². The molecule has 1 aliphatic carbocycles. The van der Waals surface area contributed by atoms with Crippen molar-refractivity contribution in [2.24, 2.45) is 5.92 Å². The van der Waals surface area contributed by atoms with E-state index >= 15 is 0 Å². The Hall–Kier alpha value is -3.07. The van der Waals surface area contributed by atoms with E-state index in [1.165, 1.54) is 10.4 Å². The first-order valence-corrected chi connectivity index (χ1v) is 11.0. The first-order valence-electron chi connectivity index (χ1n) is 10.2. The summed E-state index contributed by atoms with van der Waals surface area (Å²) in [7, 11) is 1.91. The third-order valence-corrected chi connectivity index (χ3v) is 6.86. The number of hydrogen-bond donors (Lipinski definition) is 2. The summed E-state index contributed by atoms with van der Waals surface area (Å²) < 4.78 is 0. The Morgan fingerprint density at radius 1 is 1.33 bits per heavy atom. The quantitative estimate of drug-likeness (QED) is 0.510. The summed E-state index contributed by atoms with van der Waals surface area (Å²) in [4.78, 5) is 30.3. The van der Waals surface area contributed by atoms with Gasteiger partial charge in [0.2, 0.25) is 5.91 Å². The summed E-state index contributed by atoms with van der Waals surface area (Å²) in [6.45, 7) is 2.91. The zero-order chi connectivity index (χ0) is 20.7. The van der Waals surface area contributed by atoms with Crippen molar-refractivity contribution in [1.82, 2.24) is 30.0 Å². The largest absolute Gasteiger partial charge is 0.346 e. The SMILES string of the molecule is CCCN(C)C(=O)C1CCc2c(sc3ncnc(Nc4cc5cn[nH]c5cn4)c23)C1. The van der Waals surface area contributed by atoms with Gasteiger partial charge in [-0.15, -0.1) is 11.3 Å². The highest BCUT2D eigenvalue weighted by atomic mass is 32.1. The fourth-order valence-corrected chi connectivity index (χ4v) is 5.47. The Kier molecular flexibility index (Phi) is 4.82. The maximum Gasteiger partial charge on any atom is 0.225 e. The molecule has 2 N–H and O–H groups in total. The molecule has 1 atom stereocenters. The minimum Gasteiger partial charge on any atom is -0.346 e. The topological polar surface area (TPSA) is 99.7 Å². The molecule has 0 saturated carbocycles. The van der Waals surface area contributed by atoms with Crippen LogP contribution in [-0.4, -0.2) is 49.5 Å². The normalized spacial score (nSPS) is 16.0. The van der Waals surface area contributed by atoms with Crippen LogP contribution in [0.5, 0.6) is 0 Å². The Morgan fingerprint density at radius 3 is 3.10 bits per heavy atom. The molecule has 0 bridgehead atoms. The van der Waals surface area contributed by atoms with Gasteiger partial charge in [-0.05, 0) is 37.3 Å². The lowest BCUT2D eigenvalue weighted by molar-refractivity contribution is -0.134. The van der Waals surface area contributed by atoms with Crippen LogP contribution in [0.3, 0.4) is 0 Å². The number of aryl methyl sites for hydroxylation is 1. The predicted molar refractivity (Wildman–Crippen MR) is 118 cm³/mol. The van der Waals surface area contributed by atoms with Crippen LogP contribution in [0, 0.1) is 5.92 Å². The Labute approximate surface area is 177 Å². The van der Waals surface area contributed by atoms with Crippen LogP contribution in [0.25, 0.3) is 21.1 Å². The summed E-state index contributed by atoms with van der Waals surface area (Å²) in [5.74, 6) is 1.79. The van der Waals surface area contributed by atoms with Crippen LogP contribution in [0.15, 0.2) is 24.8 Å². The van der Waals surface area contributed by atoms with Crippen molar-refractivity contribution in [2.75, 3.05) is 18.9 Å². The number of rotatable bonds is 5. The van der Waals surface area contributed by atoms with E-state index in [0.717, 1.165) is 59.2 Å². The molecule has 0 aliphatic heterocycles. The molecule has 1 aliphatic rings. The average molecular weight is 422 g/mol. The lowest BCUT2D eigenvalue weighted by Gasteiger charge is -2.26. The number of carbonyl (C=O) groups excluding carboxylic acids is 1. The maximum absolute atomic E-state index is 12.8. The minimum atomic E-state index is 0.0524. The summed E-state index contributed by atoms with van der Waals surface area (Å²) in [5.41, 5.74) is 2.16. The van der Waals surface area contributed by atoms with Crippen LogP contribution in [0.1, 0.15) is 30.2 Å². The number of aromatic nitrogens is 5. The molecular weight excluding hydrogens is 398 g/mol. The highest BCUT2D eigenvalue weighted by Crippen LogP contribution is 2.40. The summed E-state index contributed by atoms with van der Waals surface area (Å²) in [5, 5.41) is 12.4. The molecule has 0 radical (unpaired) electrons. The number of aromatic amines is 1. The van der Waals surface area contributed by atoms with E-state index in [1.807, 2.05) is 18.0 Å². The van der Waals surface area contributed by atoms with E-state index in [-0.39, 0.29) is 11.8 Å². The number of anilines is 2. The number of fused-ring (bicyclic) bond motifs is 4. The number of thiophene rings is 1. The second kappa shape index (κ2) is 7.64. The number of nitrogens with zero attached hydrogens (tertiary/aromatic N) is 5. The Balaban J connectivity index is 1.46. The van der Waals surface area contributed by atoms with Gasteiger partial charge in [-0.25, -0.2) is 15.0 Å². The van der Waals surface area contributed by atoms with Crippen LogP contribution in [0.4, 0.5) is 11.6 Å². The van der Waals surface area contributed by atoms with Crippen molar-refractivity contribution in [1.29, 1.82) is 0 Å². The number of amides is 1. The van der Waals surface area contributed by atoms with E-state index in [9.17, 15) is 4.79 Å². The maximum atomic E-state index is 12.8. The van der Waals surface area contributed by atoms with E-state index in [2.05, 4.69) is 37.4 Å². The molecule has 30 heavy (non-hydrogen) atoms. The zero-order valence-electron chi connectivity index (χ0n) is 17.0. The lowest BCUT2D eigenvalue weighted by Crippen LogP contribution is -2.35. The van der Waals surface area contributed by atoms with E-state index in [4.69, 9.17) is 0 Å². The monoisotopic (exact) mass is 421 g/mol. The molecule has 4 aromatic rings. The Morgan fingerprint density at radius 2 is 2.23 bits per heavy atom. The molecule has 1 amide bonds. The summed E-state index contributed by atoms with van der Waals surface area (Å²) in [6, 6.07) is 1.95. The van der Waals surface area contributed by atoms with Crippen molar-refractivity contribution in [3.8, 4) is 0 Å². The van der Waals surface area contributed by atoms with Crippen molar-refractivity contribution >= 4 is 50.0 Å². The smallest absolute Gasteiger partial charge is 0.225 e. The van der Waals surface area contributed by atoms with Gasteiger partial charge in [0.15, 0.2) is 0 Å². The first-order chi connectivity index (χ1) is 14.6. The predicted octanol–water partition coefficient (Wildman–Crippen LogP) is 3.68. The van der Waals surface area contributed by atoms with Gasteiger partial charge >= 0.3 is 0 Å². The molecule has 8 nitrogen and oxygen atoms in total. The summed E-state index contributed by atoms with van der Waals surface area (Å²) >= 11 is 1.68. The highest BCUT2D eigenvalue weighted by molar-refractivity contribution is 7.19. The van der Waals surface area contributed by atoms with Gasteiger partial charge in [0.05, 0.1) is 23.3 Å². The van der Waals surface area contributed by atoms with Crippen LogP contribution in [-0.2, 0) is 17.6 Å². The third kappa shape index (κ3) is 3.28. The molecule has 154 valence electrons. The van der Waals surface area contributed by atoms with Gasteiger partial charge in [0, 0.05) is 29.8 Å². The molecule has 0 fully saturated rings. The summed E-state index contributed by atoms with van der Waals surface area (Å²) in [6.07, 6.45) is 8.60. The highest BCUT2D eigenvalue weighted by Gasteiger charge is 2.30. The lowest BCUT2D eigenvalue weighted by atomic mass is 9.87. The minimum absolute atomic E-state index is 0.0524. The number of hydrogen-bond acceptors (Lipinski definition) is 7. The standard InChI is InChI=1S/C21H23N7OS/c1-3-6-28(2)21(29)12-4-5-14-16(7-12)30-20-18(14)19(23-11-24-20)26-17-8-13-9-25-27-15(13)10-22-17/h8-12H,3-7H2,1-2H3,(H,25,27)(H,22,23,24,26). The van der Waals surface area contributed by atoms with Crippen molar-refractivity contribution < 1.29 is 4.79 Å². The van der Waals surface area contributed by atoms with Crippen LogP contribution in [0.2, 0.25) is 0 Å². The second-order valence-corrected chi connectivity index (χ2v) is 8.84. The molecule has 1 unspecified atom stereocenters. The van der Waals surface area contributed by atoms with Gasteiger partial charge in [0.1, 0.15) is 22.8 Å². The molecule has 9 heteroatoms. The molecule has 4 heterocycles. The fourth-order valence-electron chi connectivity index (χ4n) is 4.21. The number of nitrogens with one attached hydrogen (secondary N) is 2. The Bertz CT molecular complexity index is 1230. The van der Waals surface area contributed by atoms with Crippen LogP contribution < -0.4 is 5.32 Å². The number of H-pyrrole nitrogens is 1. The number of pyridine rings is 1. The van der Waals surface area contributed by atoms with E-state index < -0.39 is 0 Å². The fraction of sp³-hybridized carbons (Fsp3) is 0.381. The molecule has 5 rings (SSSR count). The van der Waals surface area contributed by atoms with Gasteiger partial charge in [-0.2, -0.15) is 5.10 Å².